The summed E-state index contributed by atoms with van der Waals surface area (Å²) in [7, 11) is 0. The van der Waals surface area contributed by atoms with Crippen molar-refractivity contribution in [3.8, 4) is 0 Å². The number of fused-ring (bicyclic) bond motifs is 7. The predicted molar refractivity (Wildman–Crippen MR) is 132 cm³/mol. The first-order chi connectivity index (χ1) is 16.2. The van der Waals surface area contributed by atoms with Gasteiger partial charge in [-0.25, -0.2) is 14.8 Å². The highest BCUT2D eigenvalue weighted by atomic mass is 35.5. The number of halogens is 1. The highest BCUT2D eigenvalue weighted by molar-refractivity contribution is 6.33. The number of benzene rings is 3. The van der Waals surface area contributed by atoms with Gasteiger partial charge in [-0.2, -0.15) is 0 Å². The third-order valence-electron chi connectivity index (χ3n) is 5.39. The van der Waals surface area contributed by atoms with E-state index in [2.05, 4.69) is 20.6 Å². The molecule has 33 heavy (non-hydrogen) atoms. The summed E-state index contributed by atoms with van der Waals surface area (Å²) < 4.78 is 0. The molecule has 6 rings (SSSR count). The van der Waals surface area contributed by atoms with E-state index in [1.165, 1.54) is 0 Å². The van der Waals surface area contributed by atoms with Crippen molar-refractivity contribution >= 4 is 72.9 Å². The number of pyridine rings is 2. The van der Waals surface area contributed by atoms with Crippen LogP contribution in [0.1, 0.15) is 0 Å². The molecule has 0 saturated heterocycles. The zero-order valence-electron chi connectivity index (χ0n) is 17.1. The summed E-state index contributed by atoms with van der Waals surface area (Å²) in [5.41, 5.74) is 5.58. The van der Waals surface area contributed by atoms with E-state index in [0.29, 0.717) is 27.4 Å². The summed E-state index contributed by atoms with van der Waals surface area (Å²) in [6.07, 6.45) is 3.50. The molecule has 0 unspecified atom stereocenters. The van der Waals surface area contributed by atoms with Gasteiger partial charge in [-0.05, 0) is 54.6 Å². The van der Waals surface area contributed by atoms with E-state index in [1.54, 1.807) is 48.8 Å². The lowest BCUT2D eigenvalue weighted by atomic mass is 10.1. The Hall–Kier alpha value is -4.36. The van der Waals surface area contributed by atoms with Gasteiger partial charge in [-0.1, -0.05) is 23.7 Å². The van der Waals surface area contributed by atoms with E-state index in [0.717, 1.165) is 32.8 Å². The van der Waals surface area contributed by atoms with Crippen molar-refractivity contribution in [1.29, 1.82) is 0 Å². The van der Waals surface area contributed by atoms with E-state index in [4.69, 9.17) is 21.6 Å². The average molecular weight is 451 g/mol. The Balaban J connectivity index is 1.45. The minimum atomic E-state index is -0.400. The van der Waals surface area contributed by atoms with Gasteiger partial charge in [0.05, 0.1) is 43.8 Å². The van der Waals surface area contributed by atoms with Gasteiger partial charge >= 0.3 is 6.03 Å². The van der Waals surface area contributed by atoms with Crippen LogP contribution in [0.25, 0.3) is 43.9 Å². The Labute approximate surface area is 192 Å². The van der Waals surface area contributed by atoms with E-state index >= 15 is 0 Å². The maximum absolute atomic E-state index is 12.5. The largest absolute Gasteiger partial charge is 0.323 e. The second kappa shape index (κ2) is 7.65. The van der Waals surface area contributed by atoms with Crippen molar-refractivity contribution in [3.05, 3.63) is 84.1 Å². The van der Waals surface area contributed by atoms with Gasteiger partial charge in [0.25, 0.3) is 0 Å². The topological polar surface area (TPSA) is 92.7 Å². The molecule has 0 aliphatic heterocycles. The van der Waals surface area contributed by atoms with Gasteiger partial charge in [0, 0.05) is 28.9 Å². The van der Waals surface area contributed by atoms with Crippen LogP contribution in [0.2, 0.25) is 5.02 Å². The molecule has 3 aromatic carbocycles. The maximum Gasteiger partial charge on any atom is 0.323 e. The fourth-order valence-corrected chi connectivity index (χ4v) is 4.11. The standard InChI is InChI=1S/C25H15ClN6O/c26-17-7-1-2-8-18(17)32-25(33)29-14-9-10-19-20(13-14)31-24-16-6-4-12-28-22(16)21-15(23(24)30-19)5-3-11-27-21/h1-13H,(H2,29,32,33). The van der Waals surface area contributed by atoms with E-state index in [1.807, 2.05) is 30.3 Å². The summed E-state index contributed by atoms with van der Waals surface area (Å²) in [6.45, 7) is 0. The first-order valence-corrected chi connectivity index (χ1v) is 10.6. The summed E-state index contributed by atoms with van der Waals surface area (Å²) >= 11 is 6.12. The molecule has 3 heterocycles. The van der Waals surface area contributed by atoms with E-state index in [-0.39, 0.29) is 0 Å². The number of nitrogens with zero attached hydrogens (tertiary/aromatic N) is 4. The number of aromatic nitrogens is 4. The Bertz CT molecular complexity index is 1720. The number of hydrogen-bond donors (Lipinski definition) is 2. The fraction of sp³-hybridized carbons (Fsp3) is 0. The highest BCUT2D eigenvalue weighted by Gasteiger charge is 2.14. The van der Waals surface area contributed by atoms with Gasteiger partial charge < -0.3 is 10.6 Å². The minimum absolute atomic E-state index is 0.400. The van der Waals surface area contributed by atoms with Gasteiger partial charge in [0.2, 0.25) is 0 Å². The molecule has 0 spiro atoms. The lowest BCUT2D eigenvalue weighted by Gasteiger charge is -2.11. The molecule has 0 bridgehead atoms. The van der Waals surface area contributed by atoms with Gasteiger partial charge in [-0.15, -0.1) is 0 Å². The fourth-order valence-electron chi connectivity index (χ4n) is 3.93. The Kier molecular flexibility index (Phi) is 4.48. The third-order valence-corrected chi connectivity index (χ3v) is 5.72. The number of nitrogens with one attached hydrogen (secondary N) is 2. The number of hydrogen-bond acceptors (Lipinski definition) is 5. The molecule has 6 aromatic rings. The predicted octanol–water partition coefficient (Wildman–Crippen LogP) is 6.18. The van der Waals surface area contributed by atoms with Crippen molar-refractivity contribution in [3.63, 3.8) is 0 Å². The molecular formula is C25H15ClN6O. The van der Waals surface area contributed by atoms with Crippen LogP contribution in [-0.4, -0.2) is 26.0 Å². The summed E-state index contributed by atoms with van der Waals surface area (Å²) in [4.78, 5) is 31.3. The van der Waals surface area contributed by atoms with E-state index in [9.17, 15) is 4.79 Å². The van der Waals surface area contributed by atoms with Crippen molar-refractivity contribution in [2.75, 3.05) is 10.6 Å². The third kappa shape index (κ3) is 3.35. The number of para-hydroxylation sites is 1. The van der Waals surface area contributed by atoms with Gasteiger partial charge in [0.15, 0.2) is 0 Å². The summed E-state index contributed by atoms with van der Waals surface area (Å²) in [6, 6.07) is 19.8. The molecule has 3 aromatic heterocycles. The highest BCUT2D eigenvalue weighted by Crippen LogP contribution is 2.32. The molecule has 2 N–H and O–H groups in total. The van der Waals surface area contributed by atoms with Crippen molar-refractivity contribution < 1.29 is 4.79 Å². The molecular weight excluding hydrogens is 436 g/mol. The first-order valence-electron chi connectivity index (χ1n) is 10.2. The van der Waals surface area contributed by atoms with Gasteiger partial charge in [0.1, 0.15) is 0 Å². The molecule has 2 amide bonds. The summed E-state index contributed by atoms with van der Waals surface area (Å²) in [5.74, 6) is 0. The van der Waals surface area contributed by atoms with Crippen LogP contribution in [0.4, 0.5) is 16.2 Å². The molecule has 0 fully saturated rings. The maximum atomic E-state index is 12.5. The molecule has 0 atom stereocenters. The number of urea groups is 1. The SMILES string of the molecule is O=C(Nc1ccc2nc3c4cccnc4c4ncccc4c3nc2c1)Nc1ccccc1Cl. The zero-order chi connectivity index (χ0) is 22.4. The molecule has 0 aliphatic rings. The van der Waals surface area contributed by atoms with Gasteiger partial charge in [-0.3, -0.25) is 9.97 Å². The second-order valence-electron chi connectivity index (χ2n) is 7.48. The average Bonchev–Trinajstić information content (AvgIpc) is 2.84. The van der Waals surface area contributed by atoms with Crippen LogP contribution >= 0.6 is 11.6 Å². The molecule has 0 saturated carbocycles. The number of anilines is 2. The normalized spacial score (nSPS) is 11.3. The van der Waals surface area contributed by atoms with Crippen LogP contribution in [0.15, 0.2) is 79.1 Å². The molecule has 0 radical (unpaired) electrons. The van der Waals surface area contributed by atoms with Crippen molar-refractivity contribution in [2.24, 2.45) is 0 Å². The van der Waals surface area contributed by atoms with E-state index < -0.39 is 6.03 Å². The number of rotatable bonds is 2. The monoisotopic (exact) mass is 450 g/mol. The summed E-state index contributed by atoms with van der Waals surface area (Å²) in [5, 5.41) is 7.81. The molecule has 7 nitrogen and oxygen atoms in total. The van der Waals surface area contributed by atoms with Crippen LogP contribution in [0.5, 0.6) is 0 Å². The molecule has 0 aliphatic carbocycles. The van der Waals surface area contributed by atoms with Crippen LogP contribution < -0.4 is 10.6 Å². The van der Waals surface area contributed by atoms with Crippen molar-refractivity contribution in [1.82, 2.24) is 19.9 Å². The number of amides is 2. The zero-order valence-corrected chi connectivity index (χ0v) is 17.8. The lowest BCUT2D eigenvalue weighted by Crippen LogP contribution is -2.19. The number of carbonyl (C=O) groups excluding carboxylic acids is 1. The molecule has 158 valence electrons. The lowest BCUT2D eigenvalue weighted by molar-refractivity contribution is 0.262. The Morgan fingerprint density at radius 3 is 2.06 bits per heavy atom. The smallest absolute Gasteiger partial charge is 0.308 e. The number of carbonyl (C=O) groups is 1. The Morgan fingerprint density at radius 1 is 0.697 bits per heavy atom. The first kappa shape index (κ1) is 19.3. The van der Waals surface area contributed by atoms with Crippen LogP contribution in [-0.2, 0) is 0 Å². The molecule has 8 heteroatoms. The Morgan fingerprint density at radius 2 is 1.36 bits per heavy atom. The van der Waals surface area contributed by atoms with Crippen molar-refractivity contribution in [2.45, 2.75) is 0 Å². The van der Waals surface area contributed by atoms with Crippen LogP contribution in [0, 0.1) is 0 Å². The quantitative estimate of drug-likeness (QED) is 0.243. The second-order valence-corrected chi connectivity index (χ2v) is 7.89. The minimum Gasteiger partial charge on any atom is -0.308 e. The van der Waals surface area contributed by atoms with Crippen LogP contribution in [0.3, 0.4) is 0 Å².